The number of carbonyl (C=O) groups is 12. The number of para-hydroxylation sites is 1. The van der Waals surface area contributed by atoms with E-state index in [0.717, 1.165) is 6.92 Å². The van der Waals surface area contributed by atoms with Crippen molar-refractivity contribution in [3.05, 3.63) is 54.2 Å². The Morgan fingerprint density at radius 1 is 0.557 bits per heavy atom. The van der Waals surface area contributed by atoms with Crippen LogP contribution >= 0.6 is 0 Å². The Labute approximate surface area is 449 Å². The predicted molar refractivity (Wildman–Crippen MR) is 271 cm³/mol. The van der Waals surface area contributed by atoms with E-state index < -0.39 is 184 Å². The second-order valence-electron chi connectivity index (χ2n) is 18.5. The lowest BCUT2D eigenvalue weighted by Gasteiger charge is -2.27. The third-order valence-electron chi connectivity index (χ3n) is 11.7. The molecule has 79 heavy (non-hydrogen) atoms. The summed E-state index contributed by atoms with van der Waals surface area (Å²) in [5.41, 5.74) is 12.1. The molecule has 3 rings (SSSR count). The number of nitrogens with zero attached hydrogens (tertiary/aromatic N) is 1. The Morgan fingerprint density at radius 2 is 1.00 bits per heavy atom. The van der Waals surface area contributed by atoms with Gasteiger partial charge >= 0.3 is 11.9 Å². The van der Waals surface area contributed by atoms with Crippen LogP contribution in [0, 0.1) is 5.92 Å². The quantitative estimate of drug-likeness (QED) is 0.0264. The van der Waals surface area contributed by atoms with Gasteiger partial charge in [-0.2, -0.15) is 0 Å². The molecular weight excluding hydrogens is 1050 g/mol. The Kier molecular flexibility index (Phi) is 25.9. The third kappa shape index (κ3) is 20.7. The van der Waals surface area contributed by atoms with Gasteiger partial charge in [-0.1, -0.05) is 32.0 Å². The number of benzene rings is 1. The average Bonchev–Trinajstić information content (AvgIpc) is 4.11. The van der Waals surface area contributed by atoms with Crippen molar-refractivity contribution in [1.29, 1.82) is 0 Å². The van der Waals surface area contributed by atoms with Crippen molar-refractivity contribution >= 4 is 81.9 Å². The van der Waals surface area contributed by atoms with Gasteiger partial charge < -0.3 is 99.9 Å². The van der Waals surface area contributed by atoms with Crippen LogP contribution in [0.25, 0.3) is 10.9 Å². The summed E-state index contributed by atoms with van der Waals surface area (Å²) < 4.78 is 0. The molecule has 0 saturated carbocycles. The van der Waals surface area contributed by atoms with Crippen LogP contribution in [0.1, 0.15) is 57.7 Å². The van der Waals surface area contributed by atoms with Crippen molar-refractivity contribution in [1.82, 2.24) is 62.8 Å². The van der Waals surface area contributed by atoms with Gasteiger partial charge in [0.05, 0.1) is 45.2 Å². The maximum atomic E-state index is 14.0. The lowest BCUT2D eigenvalue weighted by Crippen LogP contribution is -2.62. The molecule has 32 nitrogen and oxygen atoms in total. The first-order chi connectivity index (χ1) is 37.3. The molecular formula is C47H68N14O18. The first kappa shape index (κ1) is 64.7. The summed E-state index contributed by atoms with van der Waals surface area (Å²) in [7, 11) is 0. The summed E-state index contributed by atoms with van der Waals surface area (Å²) in [6, 6.07) is -9.90. The molecule has 0 unspecified atom stereocenters. The molecule has 10 amide bonds. The Bertz CT molecular complexity index is 2630. The molecule has 0 saturated heterocycles. The molecule has 32 heteroatoms. The van der Waals surface area contributed by atoms with Gasteiger partial charge in [-0.15, -0.1) is 0 Å². The molecule has 0 aliphatic carbocycles. The number of carbonyl (C=O) groups excluding carboxylic acids is 10. The highest BCUT2D eigenvalue weighted by Crippen LogP contribution is 2.19. The number of primary amides is 1. The van der Waals surface area contributed by atoms with Gasteiger partial charge in [-0.25, -0.2) is 9.78 Å². The van der Waals surface area contributed by atoms with Crippen molar-refractivity contribution in [3.63, 3.8) is 0 Å². The Morgan fingerprint density at radius 3 is 1.47 bits per heavy atom. The molecule has 0 radical (unpaired) electrons. The summed E-state index contributed by atoms with van der Waals surface area (Å²) in [6.07, 6.45) is 1.36. The summed E-state index contributed by atoms with van der Waals surface area (Å²) in [5.74, 6) is -14.1. The zero-order valence-corrected chi connectivity index (χ0v) is 43.1. The number of hydrogen-bond acceptors (Lipinski definition) is 18. The van der Waals surface area contributed by atoms with E-state index in [9.17, 15) is 88.2 Å². The van der Waals surface area contributed by atoms with Gasteiger partial charge in [0.2, 0.25) is 59.1 Å². The van der Waals surface area contributed by atoms with E-state index in [2.05, 4.69) is 62.8 Å². The number of rotatable bonds is 34. The standard InChI is InChI=1S/C47H68N14O18/c1-21(2)10-31(47(78)79)57-45(76)32(16-62)58-38(69)22(3)53-40(71)28(8-9-37(67)68)54-42(73)30(12-24-15-50-20-52-24)56-44(75)34(18-64)61-46(77)35(19-65)60-41(72)29(11-23-14-51-27-7-5-4-6-25(23)27)55-43(74)33(17-63)59-39(70)26(48)13-36(49)66/h4-7,14-15,20-22,26,28-35,51,62-65H,8-13,16-19,48H2,1-3H3,(H2,49,66)(H,50,52)(H,53,71)(H,54,73)(H,55,74)(H,56,75)(H,57,76)(H,58,69)(H,59,70)(H,60,72)(H,61,77)(H,67,68)(H,78,79)/t22-,26-,28-,29-,30-,31-,32-,33-,34-,35-/m0/s1. The molecule has 2 heterocycles. The first-order valence-corrected chi connectivity index (χ1v) is 24.5. The molecule has 0 aliphatic heterocycles. The Balaban J connectivity index is 1.80. The summed E-state index contributed by atoms with van der Waals surface area (Å²) in [4.78, 5) is 165. The summed E-state index contributed by atoms with van der Waals surface area (Å²) in [5, 5.41) is 80.2. The number of nitrogens with two attached hydrogens (primary N) is 2. The van der Waals surface area contributed by atoms with E-state index in [-0.39, 0.29) is 24.5 Å². The minimum absolute atomic E-state index is 0.0162. The molecule has 1 aromatic carbocycles. The SMILES string of the molecule is CC(C)C[C@H](NC(=O)[C@H](CO)NC(=O)[C@H](C)NC(=O)[C@H](CCC(=O)O)NC(=O)[C@H](Cc1cnc[nH]1)NC(=O)[C@H](CO)NC(=O)[C@H](CO)NC(=O)[C@H](Cc1c[nH]c2ccccc12)NC(=O)[C@H](CO)NC(=O)[C@@H](N)CC(N)=O)C(=O)O. The normalized spacial score (nSPS) is 14.9. The maximum Gasteiger partial charge on any atom is 0.326 e. The van der Waals surface area contributed by atoms with Crippen LogP contribution in [0.2, 0.25) is 0 Å². The maximum absolute atomic E-state index is 14.0. The smallest absolute Gasteiger partial charge is 0.326 e. The number of fused-ring (bicyclic) bond motifs is 1. The van der Waals surface area contributed by atoms with Gasteiger partial charge in [-0.05, 0) is 37.3 Å². The number of imidazole rings is 1. The lowest BCUT2D eigenvalue weighted by atomic mass is 10.0. The minimum atomic E-state index is -1.94. The van der Waals surface area contributed by atoms with E-state index in [1.807, 2.05) is 0 Å². The highest BCUT2D eigenvalue weighted by molar-refractivity contribution is 5.99. The largest absolute Gasteiger partial charge is 0.481 e. The van der Waals surface area contributed by atoms with Gasteiger partial charge in [0, 0.05) is 48.3 Å². The first-order valence-electron chi connectivity index (χ1n) is 24.5. The fraction of sp³-hybridized carbons (Fsp3) is 0.511. The number of carboxylic acids is 2. The summed E-state index contributed by atoms with van der Waals surface area (Å²) >= 11 is 0. The number of nitrogens with one attached hydrogen (secondary N) is 11. The van der Waals surface area contributed by atoms with Gasteiger partial charge in [-0.3, -0.25) is 52.7 Å². The van der Waals surface area contributed by atoms with Crippen LogP contribution in [-0.2, 0) is 70.4 Å². The van der Waals surface area contributed by atoms with Crippen LogP contribution in [0.15, 0.2) is 43.0 Å². The molecule has 0 aliphatic rings. The number of carboxylic acid groups (broad SMARTS) is 2. The van der Waals surface area contributed by atoms with E-state index in [1.54, 1.807) is 38.1 Å². The van der Waals surface area contributed by atoms with Crippen molar-refractivity contribution in [2.45, 2.75) is 120 Å². The van der Waals surface area contributed by atoms with E-state index in [0.29, 0.717) is 16.5 Å². The van der Waals surface area contributed by atoms with E-state index in [1.165, 1.54) is 18.7 Å². The van der Waals surface area contributed by atoms with Crippen molar-refractivity contribution in [2.24, 2.45) is 17.4 Å². The number of hydrogen-bond donors (Lipinski definition) is 19. The fourth-order valence-electron chi connectivity index (χ4n) is 7.46. The Hall–Kier alpha value is -8.59. The highest BCUT2D eigenvalue weighted by atomic mass is 16.4. The fourth-order valence-corrected chi connectivity index (χ4v) is 7.46. The summed E-state index contributed by atoms with van der Waals surface area (Å²) in [6.45, 7) is 0.227. The van der Waals surface area contributed by atoms with Crippen molar-refractivity contribution < 1.29 is 88.2 Å². The zero-order valence-electron chi connectivity index (χ0n) is 43.1. The van der Waals surface area contributed by atoms with Crippen LogP contribution in [0.4, 0.5) is 0 Å². The van der Waals surface area contributed by atoms with Crippen molar-refractivity contribution in [2.75, 3.05) is 26.4 Å². The predicted octanol–water partition coefficient (Wildman–Crippen LogP) is -7.77. The van der Waals surface area contributed by atoms with Gasteiger partial charge in [0.15, 0.2) is 0 Å². The number of aromatic nitrogens is 3. The highest BCUT2D eigenvalue weighted by Gasteiger charge is 2.36. The minimum Gasteiger partial charge on any atom is -0.481 e. The van der Waals surface area contributed by atoms with E-state index >= 15 is 0 Å². The number of aliphatic carboxylic acids is 2. The molecule has 10 atom stereocenters. The molecule has 21 N–H and O–H groups in total. The topological polar surface area (TPSA) is 531 Å². The van der Waals surface area contributed by atoms with Crippen LogP contribution in [0.5, 0.6) is 0 Å². The molecule has 3 aromatic rings. The number of aliphatic hydroxyl groups is 4. The monoisotopic (exact) mass is 1120 g/mol. The number of amides is 10. The van der Waals surface area contributed by atoms with Crippen LogP contribution in [-0.4, -0.2) is 203 Å². The second kappa shape index (κ2) is 31.6. The van der Waals surface area contributed by atoms with Crippen LogP contribution in [0.3, 0.4) is 0 Å². The van der Waals surface area contributed by atoms with Gasteiger partial charge in [0.25, 0.3) is 0 Å². The molecule has 0 bridgehead atoms. The molecule has 0 spiro atoms. The van der Waals surface area contributed by atoms with Crippen molar-refractivity contribution in [3.8, 4) is 0 Å². The third-order valence-corrected chi connectivity index (χ3v) is 11.7. The number of aromatic amines is 2. The van der Waals surface area contributed by atoms with E-state index in [4.69, 9.17) is 11.5 Å². The number of aliphatic hydroxyl groups excluding tert-OH is 4. The zero-order chi connectivity index (χ0) is 59.1. The van der Waals surface area contributed by atoms with Gasteiger partial charge in [0.1, 0.15) is 54.4 Å². The molecule has 0 fully saturated rings. The molecule has 434 valence electrons. The van der Waals surface area contributed by atoms with Crippen LogP contribution < -0.4 is 59.3 Å². The lowest BCUT2D eigenvalue weighted by molar-refractivity contribution is -0.143. The molecule has 2 aromatic heterocycles. The average molecular weight is 1120 g/mol. The second-order valence-corrected chi connectivity index (χ2v) is 18.5. The number of H-pyrrole nitrogens is 2.